The van der Waals surface area contributed by atoms with Crippen LogP contribution in [-0.2, 0) is 0 Å². The van der Waals surface area contributed by atoms with Crippen LogP contribution in [-0.4, -0.2) is 21.9 Å². The van der Waals surface area contributed by atoms with Gasteiger partial charge < -0.3 is 0 Å². The minimum absolute atomic E-state index is 0.574. The predicted molar refractivity (Wildman–Crippen MR) is 93.6 cm³/mol. The van der Waals surface area contributed by atoms with Gasteiger partial charge in [-0.2, -0.15) is 0 Å². The van der Waals surface area contributed by atoms with E-state index in [1.165, 1.54) is 67.9 Å². The quantitative estimate of drug-likeness (QED) is 0.347. The van der Waals surface area contributed by atoms with Gasteiger partial charge in [0.1, 0.15) is 4.38 Å². The first kappa shape index (κ1) is 17.2. The molecule has 1 nitrogen and oxygen atoms in total. The average Bonchev–Trinajstić information content (AvgIpc) is 2.93. The van der Waals surface area contributed by atoms with Crippen LogP contribution in [0.2, 0.25) is 0 Å². The van der Waals surface area contributed by atoms with Gasteiger partial charge in [-0.1, -0.05) is 87.9 Å². The van der Waals surface area contributed by atoms with Gasteiger partial charge in [0, 0.05) is 11.0 Å². The predicted octanol–water partition coefficient (Wildman–Crippen LogP) is 5.91. The molecule has 1 aliphatic heterocycles. The monoisotopic (exact) mass is 299 g/mol. The topological polar surface area (TPSA) is 12.4 Å². The normalized spacial score (nSPS) is 16.4. The summed E-state index contributed by atoms with van der Waals surface area (Å²) in [5, 5.41) is 0.574. The Bertz CT molecular complexity index is 263. The number of rotatable bonds is 11. The molecule has 0 amide bonds. The maximum absolute atomic E-state index is 4.50. The first-order valence-corrected chi connectivity index (χ1v) is 9.69. The van der Waals surface area contributed by atoms with Crippen molar-refractivity contribution < 1.29 is 0 Å². The molecule has 1 unspecified atom stereocenters. The highest BCUT2D eigenvalue weighted by Gasteiger charge is 2.13. The summed E-state index contributed by atoms with van der Waals surface area (Å²) in [5.41, 5.74) is 0. The van der Waals surface area contributed by atoms with E-state index in [2.05, 4.69) is 24.6 Å². The number of nitrogens with zero attached hydrogens (tertiary/aromatic N) is 1. The first-order chi connectivity index (χ1) is 9.36. The Morgan fingerprint density at radius 3 is 2.47 bits per heavy atom. The van der Waals surface area contributed by atoms with Gasteiger partial charge in [0.05, 0.1) is 6.54 Å². The molecule has 0 saturated heterocycles. The number of unbranched alkanes of at least 4 members (excludes halogenated alkanes) is 7. The van der Waals surface area contributed by atoms with Crippen LogP contribution in [0.5, 0.6) is 0 Å². The number of hydrogen-bond donors (Lipinski definition) is 0. The smallest absolute Gasteiger partial charge is 0.125 e. The van der Waals surface area contributed by atoms with Crippen LogP contribution in [0, 0.1) is 0 Å². The molecule has 19 heavy (non-hydrogen) atoms. The van der Waals surface area contributed by atoms with E-state index < -0.39 is 0 Å². The van der Waals surface area contributed by atoms with E-state index in [0.717, 1.165) is 6.54 Å². The Hall–Kier alpha value is 0.110. The molecular formula is C16H29NS2. The van der Waals surface area contributed by atoms with Crippen LogP contribution in [0.1, 0.15) is 64.7 Å². The summed E-state index contributed by atoms with van der Waals surface area (Å²) in [7, 11) is 0. The lowest BCUT2D eigenvalue weighted by Gasteiger charge is -2.11. The summed E-state index contributed by atoms with van der Waals surface area (Å²) in [6.45, 7) is 7.25. The minimum Gasteiger partial charge on any atom is -0.271 e. The zero-order chi connectivity index (χ0) is 13.8. The number of thioether (sulfide) groups is 2. The van der Waals surface area contributed by atoms with Crippen molar-refractivity contribution >= 4 is 27.9 Å². The highest BCUT2D eigenvalue weighted by atomic mass is 32.2. The first-order valence-electron chi connectivity index (χ1n) is 7.83. The Balaban J connectivity index is 1.95. The lowest BCUT2D eigenvalue weighted by molar-refractivity contribution is 0.568. The molecule has 0 saturated carbocycles. The average molecular weight is 300 g/mol. The molecule has 0 aromatic heterocycles. The van der Waals surface area contributed by atoms with E-state index in [0.29, 0.717) is 5.25 Å². The van der Waals surface area contributed by atoms with Crippen LogP contribution < -0.4 is 0 Å². The largest absolute Gasteiger partial charge is 0.271 e. The van der Waals surface area contributed by atoms with Gasteiger partial charge in [-0.05, 0) is 6.42 Å². The van der Waals surface area contributed by atoms with E-state index in [1.807, 2.05) is 23.5 Å². The lowest BCUT2D eigenvalue weighted by atomic mass is 10.1. The second kappa shape index (κ2) is 11.9. The van der Waals surface area contributed by atoms with Gasteiger partial charge in [0.2, 0.25) is 0 Å². The third-order valence-corrected chi connectivity index (χ3v) is 5.88. The van der Waals surface area contributed by atoms with Crippen LogP contribution in [0.4, 0.5) is 0 Å². The maximum atomic E-state index is 4.50. The van der Waals surface area contributed by atoms with E-state index in [1.54, 1.807) is 0 Å². The standard InChI is InChI=1S/C16H29NS2/c1-3-5-6-7-8-9-10-11-12-15(4-2)19-16-17-13-14-18-16/h4,15H,2-3,5-14H2,1H3. The molecule has 0 radical (unpaired) electrons. The van der Waals surface area contributed by atoms with Crippen molar-refractivity contribution in [1.29, 1.82) is 0 Å². The molecule has 0 N–H and O–H groups in total. The van der Waals surface area contributed by atoms with Crippen LogP contribution in [0.15, 0.2) is 17.6 Å². The second-order valence-corrected chi connectivity index (χ2v) is 7.72. The van der Waals surface area contributed by atoms with Crippen molar-refractivity contribution in [2.24, 2.45) is 4.99 Å². The van der Waals surface area contributed by atoms with E-state index in [-0.39, 0.29) is 0 Å². The van der Waals surface area contributed by atoms with Crippen molar-refractivity contribution in [3.8, 4) is 0 Å². The Morgan fingerprint density at radius 2 is 1.89 bits per heavy atom. The van der Waals surface area contributed by atoms with Gasteiger partial charge in [-0.3, -0.25) is 4.99 Å². The van der Waals surface area contributed by atoms with E-state index in [4.69, 9.17) is 0 Å². The zero-order valence-corrected chi connectivity index (χ0v) is 14.0. The summed E-state index contributed by atoms with van der Waals surface area (Å²) in [6, 6.07) is 0. The summed E-state index contributed by atoms with van der Waals surface area (Å²) < 4.78 is 1.28. The molecule has 1 atom stereocenters. The van der Waals surface area contributed by atoms with Crippen molar-refractivity contribution in [2.45, 2.75) is 70.0 Å². The SMILES string of the molecule is C=CC(CCCCCCCCCC)SC1=NCCS1. The fourth-order valence-electron chi connectivity index (χ4n) is 2.22. The Kier molecular flexibility index (Phi) is 10.7. The van der Waals surface area contributed by atoms with E-state index >= 15 is 0 Å². The van der Waals surface area contributed by atoms with Gasteiger partial charge in [-0.25, -0.2) is 0 Å². The molecule has 0 aliphatic carbocycles. The van der Waals surface area contributed by atoms with Gasteiger partial charge in [0.15, 0.2) is 0 Å². The molecule has 0 aromatic rings. The van der Waals surface area contributed by atoms with Gasteiger partial charge in [-0.15, -0.1) is 6.58 Å². The van der Waals surface area contributed by atoms with Gasteiger partial charge >= 0.3 is 0 Å². The van der Waals surface area contributed by atoms with Crippen LogP contribution in [0.25, 0.3) is 0 Å². The summed E-state index contributed by atoms with van der Waals surface area (Å²) in [6.07, 6.45) is 14.6. The summed E-state index contributed by atoms with van der Waals surface area (Å²) in [4.78, 5) is 4.50. The number of aliphatic imine (C=N–C) groups is 1. The molecule has 3 heteroatoms. The van der Waals surface area contributed by atoms with Crippen molar-refractivity contribution in [2.75, 3.05) is 12.3 Å². The van der Waals surface area contributed by atoms with Gasteiger partial charge in [0.25, 0.3) is 0 Å². The number of hydrogen-bond acceptors (Lipinski definition) is 3. The van der Waals surface area contributed by atoms with Crippen molar-refractivity contribution in [1.82, 2.24) is 0 Å². The fraction of sp³-hybridized carbons (Fsp3) is 0.812. The molecule has 0 fully saturated rings. The van der Waals surface area contributed by atoms with Crippen LogP contribution in [0.3, 0.4) is 0 Å². The van der Waals surface area contributed by atoms with E-state index in [9.17, 15) is 0 Å². The fourth-order valence-corrected chi connectivity index (χ4v) is 4.46. The van der Waals surface area contributed by atoms with Crippen LogP contribution >= 0.6 is 23.5 Å². The third-order valence-electron chi connectivity index (χ3n) is 3.42. The molecule has 110 valence electrons. The van der Waals surface area contributed by atoms with Crippen molar-refractivity contribution in [3.05, 3.63) is 12.7 Å². The molecular weight excluding hydrogens is 270 g/mol. The minimum atomic E-state index is 0.574. The molecule has 1 heterocycles. The summed E-state index contributed by atoms with van der Waals surface area (Å²) in [5.74, 6) is 1.17. The molecule has 0 aromatic carbocycles. The lowest BCUT2D eigenvalue weighted by Crippen LogP contribution is -2.00. The molecule has 0 bridgehead atoms. The molecule has 0 spiro atoms. The Morgan fingerprint density at radius 1 is 1.21 bits per heavy atom. The highest BCUT2D eigenvalue weighted by molar-refractivity contribution is 8.39. The highest BCUT2D eigenvalue weighted by Crippen LogP contribution is 2.29. The zero-order valence-electron chi connectivity index (χ0n) is 12.4. The molecule has 1 aliphatic rings. The Labute approximate surface area is 128 Å². The van der Waals surface area contributed by atoms with Crippen molar-refractivity contribution in [3.63, 3.8) is 0 Å². The second-order valence-electron chi connectivity index (χ2n) is 5.15. The maximum Gasteiger partial charge on any atom is 0.125 e. The molecule has 1 rings (SSSR count). The summed E-state index contributed by atoms with van der Waals surface area (Å²) >= 11 is 3.83. The third kappa shape index (κ3) is 8.80.